The third kappa shape index (κ3) is 3.80. The minimum absolute atomic E-state index is 0.0122. The van der Waals surface area contributed by atoms with Crippen LogP contribution < -0.4 is 0 Å². The molecule has 22 heavy (non-hydrogen) atoms. The highest BCUT2D eigenvalue weighted by molar-refractivity contribution is 5.84. The van der Waals surface area contributed by atoms with Crippen LogP contribution in [0.25, 0.3) is 16.8 Å². The maximum atomic E-state index is 13.9. The Kier molecular flexibility index (Phi) is 4.62. The van der Waals surface area contributed by atoms with Crippen molar-refractivity contribution in [2.75, 3.05) is 6.61 Å². The minimum atomic E-state index is -0.272. The predicted octanol–water partition coefficient (Wildman–Crippen LogP) is 5.37. The molecule has 0 saturated carbocycles. The molecule has 0 fully saturated rings. The van der Waals surface area contributed by atoms with E-state index in [1.54, 1.807) is 0 Å². The Morgan fingerprint density at radius 2 is 1.59 bits per heavy atom. The monoisotopic (exact) mass is 292 g/mol. The van der Waals surface area contributed by atoms with Crippen LogP contribution >= 0.6 is 0 Å². The molecular weight excluding hydrogens is 275 g/mol. The third-order valence-corrected chi connectivity index (χ3v) is 3.45. The Morgan fingerprint density at radius 1 is 0.864 bits per heavy atom. The number of halogens is 1. The molecule has 0 spiro atoms. The first-order valence-corrected chi connectivity index (χ1v) is 7.28. The van der Waals surface area contributed by atoms with Crippen molar-refractivity contribution in [3.8, 4) is 0 Å². The van der Waals surface area contributed by atoms with Crippen LogP contribution in [0.15, 0.2) is 78.6 Å². The first-order valence-electron chi connectivity index (χ1n) is 7.28. The first kappa shape index (κ1) is 14.5. The van der Waals surface area contributed by atoms with Crippen LogP contribution in [0.5, 0.6) is 0 Å². The van der Waals surface area contributed by atoms with E-state index in [1.165, 1.54) is 6.08 Å². The molecule has 3 aromatic rings. The van der Waals surface area contributed by atoms with E-state index in [2.05, 4.69) is 0 Å². The molecular formula is C20H17FO. The van der Waals surface area contributed by atoms with Gasteiger partial charge in [0.25, 0.3) is 0 Å². The Bertz CT molecular complexity index is 778. The molecule has 0 N–H and O–H groups in total. The van der Waals surface area contributed by atoms with E-state index in [1.807, 2.05) is 72.8 Å². The lowest BCUT2D eigenvalue weighted by Gasteiger charge is -2.03. The maximum Gasteiger partial charge on any atom is 0.126 e. The molecule has 0 unspecified atom stereocenters. The van der Waals surface area contributed by atoms with E-state index in [4.69, 9.17) is 4.74 Å². The molecule has 0 aliphatic heterocycles. The highest BCUT2D eigenvalue weighted by atomic mass is 19.1. The topological polar surface area (TPSA) is 9.23 Å². The van der Waals surface area contributed by atoms with Crippen molar-refractivity contribution in [2.45, 2.75) is 6.61 Å². The van der Waals surface area contributed by atoms with Gasteiger partial charge >= 0.3 is 0 Å². The molecule has 0 aliphatic carbocycles. The second-order valence-corrected chi connectivity index (χ2v) is 5.18. The average Bonchev–Trinajstić information content (AvgIpc) is 2.56. The van der Waals surface area contributed by atoms with Gasteiger partial charge in [0, 0.05) is 0 Å². The van der Waals surface area contributed by atoms with Crippen LogP contribution in [0.3, 0.4) is 0 Å². The fraction of sp³-hybridized carbons (Fsp3) is 0.100. The molecule has 3 rings (SSSR count). The summed E-state index contributed by atoms with van der Waals surface area (Å²) < 4.78 is 19.3. The molecule has 0 bridgehead atoms. The van der Waals surface area contributed by atoms with E-state index in [0.717, 1.165) is 21.9 Å². The van der Waals surface area contributed by atoms with E-state index in [-0.39, 0.29) is 12.4 Å². The lowest BCUT2D eigenvalue weighted by Crippen LogP contribution is -1.95. The summed E-state index contributed by atoms with van der Waals surface area (Å²) in [4.78, 5) is 0. The van der Waals surface area contributed by atoms with Gasteiger partial charge in [-0.2, -0.15) is 0 Å². The van der Waals surface area contributed by atoms with E-state index in [0.29, 0.717) is 6.61 Å². The smallest absolute Gasteiger partial charge is 0.126 e. The van der Waals surface area contributed by atoms with Crippen LogP contribution in [-0.2, 0) is 11.3 Å². The van der Waals surface area contributed by atoms with Gasteiger partial charge in [-0.1, -0.05) is 66.7 Å². The Labute approximate surface area is 129 Å². The largest absolute Gasteiger partial charge is 0.370 e. The number of ether oxygens (including phenoxy) is 1. The van der Waals surface area contributed by atoms with Crippen molar-refractivity contribution in [1.29, 1.82) is 0 Å². The van der Waals surface area contributed by atoms with E-state index >= 15 is 0 Å². The predicted molar refractivity (Wildman–Crippen MR) is 89.1 cm³/mol. The van der Waals surface area contributed by atoms with Crippen molar-refractivity contribution in [2.24, 2.45) is 0 Å². The maximum absolute atomic E-state index is 13.9. The van der Waals surface area contributed by atoms with Gasteiger partial charge in [-0.05, 0) is 34.0 Å². The molecule has 0 aromatic heterocycles. The van der Waals surface area contributed by atoms with Crippen LogP contribution in [0.1, 0.15) is 11.1 Å². The van der Waals surface area contributed by atoms with Crippen LogP contribution in [-0.4, -0.2) is 6.61 Å². The highest BCUT2D eigenvalue weighted by Crippen LogP contribution is 2.18. The SMILES string of the molecule is F/C(=C\c1ccc2ccccc2c1)COCc1ccccc1. The van der Waals surface area contributed by atoms with E-state index < -0.39 is 0 Å². The summed E-state index contributed by atoms with van der Waals surface area (Å²) in [7, 11) is 0. The fourth-order valence-electron chi connectivity index (χ4n) is 2.36. The lowest BCUT2D eigenvalue weighted by molar-refractivity contribution is 0.130. The Morgan fingerprint density at radius 3 is 2.41 bits per heavy atom. The number of benzene rings is 3. The third-order valence-electron chi connectivity index (χ3n) is 3.45. The van der Waals surface area contributed by atoms with Crippen molar-refractivity contribution in [3.63, 3.8) is 0 Å². The number of hydrogen-bond acceptors (Lipinski definition) is 1. The van der Waals surface area contributed by atoms with Crippen LogP contribution in [0.4, 0.5) is 4.39 Å². The van der Waals surface area contributed by atoms with Crippen molar-refractivity contribution < 1.29 is 9.13 Å². The number of hydrogen-bond donors (Lipinski definition) is 0. The fourth-order valence-corrected chi connectivity index (χ4v) is 2.36. The summed E-state index contributed by atoms with van der Waals surface area (Å²) in [6.45, 7) is 0.404. The van der Waals surface area contributed by atoms with Crippen molar-refractivity contribution in [1.82, 2.24) is 0 Å². The van der Waals surface area contributed by atoms with E-state index in [9.17, 15) is 4.39 Å². The summed E-state index contributed by atoms with van der Waals surface area (Å²) >= 11 is 0. The summed E-state index contributed by atoms with van der Waals surface area (Å²) in [5, 5.41) is 2.26. The van der Waals surface area contributed by atoms with Gasteiger partial charge < -0.3 is 4.74 Å². The molecule has 110 valence electrons. The molecule has 0 aliphatic rings. The van der Waals surface area contributed by atoms with Gasteiger partial charge in [-0.3, -0.25) is 0 Å². The molecule has 0 saturated heterocycles. The van der Waals surface area contributed by atoms with Gasteiger partial charge in [-0.15, -0.1) is 0 Å². The summed E-state index contributed by atoms with van der Waals surface area (Å²) in [6, 6.07) is 23.7. The molecule has 0 heterocycles. The van der Waals surface area contributed by atoms with Gasteiger partial charge in [0.05, 0.1) is 13.2 Å². The quantitative estimate of drug-likeness (QED) is 0.614. The second kappa shape index (κ2) is 7.01. The standard InChI is InChI=1S/C20H17FO/c21-20(15-22-14-16-6-2-1-3-7-16)13-17-10-11-18-8-4-5-9-19(18)12-17/h1-13H,14-15H2/b20-13-. The number of rotatable bonds is 5. The van der Waals surface area contributed by atoms with Gasteiger partial charge in [0.15, 0.2) is 0 Å². The Balaban J connectivity index is 1.63. The molecule has 3 aromatic carbocycles. The minimum Gasteiger partial charge on any atom is -0.370 e. The molecule has 0 amide bonds. The molecule has 2 heteroatoms. The number of fused-ring (bicyclic) bond motifs is 1. The second-order valence-electron chi connectivity index (χ2n) is 5.18. The average molecular weight is 292 g/mol. The molecule has 0 radical (unpaired) electrons. The molecule has 1 nitrogen and oxygen atoms in total. The zero-order chi connectivity index (χ0) is 15.2. The Hall–Kier alpha value is -2.45. The zero-order valence-corrected chi connectivity index (χ0v) is 12.2. The normalized spacial score (nSPS) is 11.8. The van der Waals surface area contributed by atoms with Gasteiger partial charge in [-0.25, -0.2) is 4.39 Å². The highest BCUT2D eigenvalue weighted by Gasteiger charge is 1.99. The van der Waals surface area contributed by atoms with Crippen LogP contribution in [0, 0.1) is 0 Å². The van der Waals surface area contributed by atoms with Crippen LogP contribution in [0.2, 0.25) is 0 Å². The molecule has 0 atom stereocenters. The van der Waals surface area contributed by atoms with Gasteiger partial charge in [0.2, 0.25) is 0 Å². The summed E-state index contributed by atoms with van der Waals surface area (Å²) in [6.07, 6.45) is 1.53. The lowest BCUT2D eigenvalue weighted by atomic mass is 10.1. The zero-order valence-electron chi connectivity index (χ0n) is 12.2. The van der Waals surface area contributed by atoms with Crippen molar-refractivity contribution >= 4 is 16.8 Å². The summed E-state index contributed by atoms with van der Waals surface area (Å²) in [5.74, 6) is -0.272. The van der Waals surface area contributed by atoms with Crippen molar-refractivity contribution in [3.05, 3.63) is 89.8 Å². The summed E-state index contributed by atoms with van der Waals surface area (Å²) in [5.41, 5.74) is 1.89. The first-order chi connectivity index (χ1) is 10.8. The van der Waals surface area contributed by atoms with Gasteiger partial charge in [0.1, 0.15) is 5.83 Å².